The maximum atomic E-state index is 10.3. The van der Waals surface area contributed by atoms with E-state index in [0.29, 0.717) is 5.69 Å². The zero-order valence-electron chi connectivity index (χ0n) is 14.8. The summed E-state index contributed by atoms with van der Waals surface area (Å²) in [7, 11) is 0. The Morgan fingerprint density at radius 3 is 1.71 bits per heavy atom. The molecule has 0 amide bonds. The van der Waals surface area contributed by atoms with Crippen molar-refractivity contribution in [3.05, 3.63) is 18.2 Å². The van der Waals surface area contributed by atoms with Gasteiger partial charge in [0.25, 0.3) is 0 Å². The molecule has 0 radical (unpaired) electrons. The fraction of sp³-hybridized carbons (Fsp3) is 0.500. The van der Waals surface area contributed by atoms with Crippen molar-refractivity contribution in [2.75, 3.05) is 6.61 Å². The smallest absolute Gasteiger partial charge is 0.322 e. The molecule has 0 aliphatic rings. The lowest BCUT2D eigenvalue weighted by atomic mass is 10.2. The molecule has 0 aliphatic carbocycles. The minimum atomic E-state index is -1.18. The van der Waals surface area contributed by atoms with E-state index >= 15 is 0 Å². The van der Waals surface area contributed by atoms with Crippen LogP contribution in [-0.4, -0.2) is 84.1 Å². The largest absolute Gasteiger partial charge is 0.481 e. The molecule has 12 N–H and O–H groups in total. The van der Waals surface area contributed by atoms with Crippen LogP contribution >= 0.6 is 0 Å². The Labute approximate surface area is 159 Å². The topological polar surface area (TPSA) is 276 Å². The van der Waals surface area contributed by atoms with Gasteiger partial charge < -0.3 is 47.7 Å². The summed E-state index contributed by atoms with van der Waals surface area (Å²) in [6.45, 7) is -0.505. The molecule has 0 bridgehead atoms. The van der Waals surface area contributed by atoms with Gasteiger partial charge in [0.15, 0.2) is 0 Å². The molecule has 0 aromatic carbocycles. The van der Waals surface area contributed by atoms with Gasteiger partial charge in [-0.15, -0.1) is 0 Å². The number of H-pyrrole nitrogens is 1. The molecule has 0 spiro atoms. The highest BCUT2D eigenvalue weighted by Gasteiger charge is 2.13. The van der Waals surface area contributed by atoms with Crippen LogP contribution < -0.4 is 17.2 Å². The number of aliphatic hydroxyl groups is 1. The maximum absolute atomic E-state index is 10.3. The first-order chi connectivity index (χ1) is 12.9. The van der Waals surface area contributed by atoms with E-state index in [1.54, 1.807) is 6.20 Å². The van der Waals surface area contributed by atoms with Crippen molar-refractivity contribution >= 4 is 23.9 Å². The molecule has 0 aliphatic heterocycles. The Morgan fingerprint density at radius 1 is 0.929 bits per heavy atom. The number of aromatic nitrogens is 2. The molecule has 0 fully saturated rings. The lowest BCUT2D eigenvalue weighted by Gasteiger charge is -2.01. The van der Waals surface area contributed by atoms with Gasteiger partial charge in [-0.05, 0) is 6.42 Å². The average molecular weight is 407 g/mol. The van der Waals surface area contributed by atoms with Crippen molar-refractivity contribution < 1.29 is 44.7 Å². The second kappa shape index (κ2) is 15.0. The predicted octanol–water partition coefficient (Wildman–Crippen LogP) is -2.98. The molecule has 1 heterocycles. The molecule has 1 rings (SSSR count). The highest BCUT2D eigenvalue weighted by molar-refractivity contribution is 5.74. The molecule has 14 heteroatoms. The van der Waals surface area contributed by atoms with Crippen LogP contribution in [0.1, 0.15) is 18.5 Å². The number of carboxylic acids is 4. The average Bonchev–Trinajstić information content (AvgIpc) is 3.12. The molecular weight excluding hydrogens is 382 g/mol. The monoisotopic (exact) mass is 407 g/mol. The predicted molar refractivity (Wildman–Crippen MR) is 93.1 cm³/mol. The van der Waals surface area contributed by atoms with Crippen LogP contribution in [0.4, 0.5) is 0 Å². The molecule has 1 aromatic heterocycles. The fourth-order valence-corrected chi connectivity index (χ4v) is 1.20. The number of nitrogens with zero attached hydrogens (tertiary/aromatic N) is 1. The Hall–Kier alpha value is -3.07. The van der Waals surface area contributed by atoms with Crippen molar-refractivity contribution in [1.82, 2.24) is 9.97 Å². The Balaban J connectivity index is 0. The Morgan fingerprint density at radius 2 is 1.43 bits per heavy atom. The molecular formula is C14H25N5O9. The van der Waals surface area contributed by atoms with E-state index in [2.05, 4.69) is 9.97 Å². The van der Waals surface area contributed by atoms with Gasteiger partial charge in [-0.25, -0.2) is 4.98 Å². The SMILES string of the molecule is NC(CCC(=O)O)C(=O)O.NC(CO)C(=O)O.NC(Cc1c[nH]cn1)C(=O)O. The summed E-state index contributed by atoms with van der Waals surface area (Å²) in [4.78, 5) is 46.3. The molecule has 3 atom stereocenters. The van der Waals surface area contributed by atoms with E-state index in [0.717, 1.165) is 0 Å². The first kappa shape index (κ1) is 27.2. The van der Waals surface area contributed by atoms with Crippen molar-refractivity contribution in [3.63, 3.8) is 0 Å². The fourth-order valence-electron chi connectivity index (χ4n) is 1.20. The zero-order chi connectivity index (χ0) is 22.3. The van der Waals surface area contributed by atoms with Gasteiger partial charge in [0.1, 0.15) is 18.1 Å². The van der Waals surface area contributed by atoms with E-state index in [-0.39, 0.29) is 19.3 Å². The number of carbonyl (C=O) groups is 4. The number of nitrogens with two attached hydrogens (primary N) is 3. The number of nitrogens with one attached hydrogen (secondary N) is 1. The van der Waals surface area contributed by atoms with E-state index in [1.165, 1.54) is 6.33 Å². The third-order valence-corrected chi connectivity index (χ3v) is 2.80. The van der Waals surface area contributed by atoms with Gasteiger partial charge in [0.2, 0.25) is 0 Å². The number of aromatic amines is 1. The molecule has 0 saturated carbocycles. The third kappa shape index (κ3) is 15.2. The maximum Gasteiger partial charge on any atom is 0.322 e. The van der Waals surface area contributed by atoms with Crippen molar-refractivity contribution in [2.24, 2.45) is 17.2 Å². The third-order valence-electron chi connectivity index (χ3n) is 2.80. The first-order valence-electron chi connectivity index (χ1n) is 7.67. The normalized spacial score (nSPS) is 12.9. The van der Waals surface area contributed by atoms with Crippen LogP contribution in [0.15, 0.2) is 12.5 Å². The van der Waals surface area contributed by atoms with E-state index in [4.69, 9.17) is 42.7 Å². The first-order valence-corrected chi connectivity index (χ1v) is 7.67. The Bertz CT molecular complexity index is 608. The second-order valence-corrected chi connectivity index (χ2v) is 5.21. The highest BCUT2D eigenvalue weighted by atomic mass is 16.4. The molecule has 3 unspecified atom stereocenters. The number of hydrogen-bond donors (Lipinski definition) is 9. The summed E-state index contributed by atoms with van der Waals surface area (Å²) < 4.78 is 0. The quantitative estimate of drug-likeness (QED) is 0.198. The summed E-state index contributed by atoms with van der Waals surface area (Å²) in [5, 5.41) is 40.6. The Kier molecular flexibility index (Phi) is 14.6. The van der Waals surface area contributed by atoms with Gasteiger partial charge >= 0.3 is 23.9 Å². The van der Waals surface area contributed by atoms with Crippen LogP contribution in [-0.2, 0) is 25.6 Å². The summed E-state index contributed by atoms with van der Waals surface area (Å²) in [6, 6.07) is -3.05. The number of aliphatic carboxylic acids is 4. The molecule has 14 nitrogen and oxygen atoms in total. The van der Waals surface area contributed by atoms with E-state index < -0.39 is 48.6 Å². The van der Waals surface area contributed by atoms with Crippen LogP contribution in [0.3, 0.4) is 0 Å². The van der Waals surface area contributed by atoms with Crippen LogP contribution in [0, 0.1) is 0 Å². The van der Waals surface area contributed by atoms with Crippen molar-refractivity contribution in [3.8, 4) is 0 Å². The van der Waals surface area contributed by atoms with Gasteiger partial charge in [-0.1, -0.05) is 0 Å². The standard InChI is InChI=1S/C6H9N3O2.C5H9NO4.C3H7NO3/c7-5(6(10)11)1-4-2-8-3-9-4;6-3(5(9)10)1-2-4(7)8;4-2(1-5)3(6)7/h2-3,5H,1,7H2,(H,8,9)(H,10,11);3H,1-2,6H2,(H,7,8)(H,9,10);2,5H,1,4H2,(H,6,7). The number of rotatable bonds is 9. The lowest BCUT2D eigenvalue weighted by molar-refractivity contribution is -0.141. The molecule has 28 heavy (non-hydrogen) atoms. The summed E-state index contributed by atoms with van der Waals surface area (Å²) in [5.41, 5.74) is 15.7. The van der Waals surface area contributed by atoms with Crippen LogP contribution in [0.25, 0.3) is 0 Å². The van der Waals surface area contributed by atoms with Gasteiger partial charge in [-0.3, -0.25) is 19.2 Å². The number of imidazole rings is 1. The van der Waals surface area contributed by atoms with Crippen LogP contribution in [0.5, 0.6) is 0 Å². The number of carboxylic acid groups (broad SMARTS) is 4. The summed E-state index contributed by atoms with van der Waals surface area (Å²) >= 11 is 0. The summed E-state index contributed by atoms with van der Waals surface area (Å²) in [6.07, 6.45) is 3.16. The molecule has 0 saturated heterocycles. The molecule has 160 valence electrons. The van der Waals surface area contributed by atoms with Crippen molar-refractivity contribution in [2.45, 2.75) is 37.4 Å². The van der Waals surface area contributed by atoms with Crippen LogP contribution in [0.2, 0.25) is 0 Å². The van der Waals surface area contributed by atoms with Gasteiger partial charge in [0.05, 0.1) is 18.6 Å². The molecule has 1 aromatic rings. The van der Waals surface area contributed by atoms with Crippen molar-refractivity contribution in [1.29, 1.82) is 0 Å². The van der Waals surface area contributed by atoms with Gasteiger partial charge in [0, 0.05) is 19.0 Å². The van der Waals surface area contributed by atoms with E-state index in [1.807, 2.05) is 0 Å². The number of hydrogen-bond acceptors (Lipinski definition) is 9. The zero-order valence-corrected chi connectivity index (χ0v) is 14.8. The summed E-state index contributed by atoms with van der Waals surface area (Å²) in [5.74, 6) is -4.38. The highest BCUT2D eigenvalue weighted by Crippen LogP contribution is 1.95. The van der Waals surface area contributed by atoms with Gasteiger partial charge in [-0.2, -0.15) is 0 Å². The minimum Gasteiger partial charge on any atom is -0.481 e. The number of aliphatic hydroxyl groups excluding tert-OH is 1. The van der Waals surface area contributed by atoms with E-state index in [9.17, 15) is 19.2 Å². The lowest BCUT2D eigenvalue weighted by Crippen LogP contribution is -2.33. The minimum absolute atomic E-state index is 0.0231. The second-order valence-electron chi connectivity index (χ2n) is 5.21.